The van der Waals surface area contributed by atoms with Crippen LogP contribution in [0.5, 0.6) is 0 Å². The molecule has 0 spiro atoms. The van der Waals surface area contributed by atoms with Gasteiger partial charge >= 0.3 is 0 Å². The maximum atomic E-state index is 11.8. The molecule has 1 amide bonds. The summed E-state index contributed by atoms with van der Waals surface area (Å²) in [5, 5.41) is 2.86. The van der Waals surface area contributed by atoms with Crippen molar-refractivity contribution in [2.45, 2.75) is 19.4 Å². The second-order valence-electron chi connectivity index (χ2n) is 3.84. The zero-order chi connectivity index (χ0) is 12.8. The SMILES string of the molecule is CSCC[C@H](N)C(=O)Nc1cc(Br)ccc1C. The van der Waals surface area contributed by atoms with Crippen LogP contribution in [0.1, 0.15) is 12.0 Å². The number of benzene rings is 1. The van der Waals surface area contributed by atoms with E-state index in [0.29, 0.717) is 6.42 Å². The predicted molar refractivity (Wildman–Crippen MR) is 78.5 cm³/mol. The van der Waals surface area contributed by atoms with Gasteiger partial charge in [-0.15, -0.1) is 0 Å². The Bertz CT molecular complexity index is 398. The van der Waals surface area contributed by atoms with Crippen molar-refractivity contribution in [1.29, 1.82) is 0 Å². The molecule has 0 bridgehead atoms. The monoisotopic (exact) mass is 316 g/mol. The molecule has 0 aliphatic carbocycles. The summed E-state index contributed by atoms with van der Waals surface area (Å²) in [6.45, 7) is 1.95. The van der Waals surface area contributed by atoms with Crippen molar-refractivity contribution in [3.8, 4) is 0 Å². The number of nitrogens with one attached hydrogen (secondary N) is 1. The van der Waals surface area contributed by atoms with E-state index in [2.05, 4.69) is 21.2 Å². The van der Waals surface area contributed by atoms with Gasteiger partial charge in [-0.05, 0) is 43.0 Å². The van der Waals surface area contributed by atoms with Gasteiger partial charge in [-0.3, -0.25) is 4.79 Å². The summed E-state index contributed by atoms with van der Waals surface area (Å²) in [4.78, 5) is 11.8. The van der Waals surface area contributed by atoms with E-state index >= 15 is 0 Å². The molecule has 0 aromatic heterocycles. The zero-order valence-corrected chi connectivity index (χ0v) is 12.4. The summed E-state index contributed by atoms with van der Waals surface area (Å²) < 4.78 is 0.941. The lowest BCUT2D eigenvalue weighted by molar-refractivity contribution is -0.117. The Labute approximate surface area is 115 Å². The molecule has 0 heterocycles. The number of nitrogens with two attached hydrogens (primary N) is 1. The highest BCUT2D eigenvalue weighted by atomic mass is 79.9. The largest absolute Gasteiger partial charge is 0.324 e. The van der Waals surface area contributed by atoms with Gasteiger partial charge in [0.15, 0.2) is 0 Å². The van der Waals surface area contributed by atoms with Gasteiger partial charge in [-0.25, -0.2) is 0 Å². The molecule has 0 unspecified atom stereocenters. The molecule has 1 aromatic rings. The molecule has 5 heteroatoms. The number of hydrogen-bond donors (Lipinski definition) is 2. The lowest BCUT2D eigenvalue weighted by atomic mass is 10.1. The van der Waals surface area contributed by atoms with Gasteiger partial charge in [0.05, 0.1) is 6.04 Å². The summed E-state index contributed by atoms with van der Waals surface area (Å²) in [6.07, 6.45) is 2.70. The molecule has 0 aliphatic rings. The number of carbonyl (C=O) groups excluding carboxylic acids is 1. The fourth-order valence-corrected chi connectivity index (χ4v) is 2.18. The van der Waals surface area contributed by atoms with Crippen molar-refractivity contribution in [1.82, 2.24) is 0 Å². The third-order valence-electron chi connectivity index (χ3n) is 2.43. The van der Waals surface area contributed by atoms with E-state index < -0.39 is 6.04 Å². The molecule has 1 rings (SSSR count). The molecule has 3 N–H and O–H groups in total. The highest BCUT2D eigenvalue weighted by molar-refractivity contribution is 9.10. The van der Waals surface area contributed by atoms with Crippen LogP contribution in [-0.2, 0) is 4.79 Å². The predicted octanol–water partition coefficient (Wildman–Crippen LogP) is 2.78. The van der Waals surface area contributed by atoms with Crippen LogP contribution in [0.2, 0.25) is 0 Å². The van der Waals surface area contributed by atoms with Crippen LogP contribution in [0.15, 0.2) is 22.7 Å². The molecule has 0 aliphatic heterocycles. The van der Waals surface area contributed by atoms with Gasteiger partial charge in [0.25, 0.3) is 0 Å². The molecule has 1 atom stereocenters. The van der Waals surface area contributed by atoms with Crippen LogP contribution in [0.25, 0.3) is 0 Å². The van der Waals surface area contributed by atoms with E-state index in [9.17, 15) is 4.79 Å². The van der Waals surface area contributed by atoms with Crippen LogP contribution in [0.4, 0.5) is 5.69 Å². The number of rotatable bonds is 5. The Morgan fingerprint density at radius 2 is 2.29 bits per heavy atom. The van der Waals surface area contributed by atoms with Gasteiger partial charge in [-0.2, -0.15) is 11.8 Å². The van der Waals surface area contributed by atoms with E-state index in [1.165, 1.54) is 0 Å². The minimum absolute atomic E-state index is 0.125. The summed E-state index contributed by atoms with van der Waals surface area (Å²) in [7, 11) is 0. The van der Waals surface area contributed by atoms with Crippen LogP contribution >= 0.6 is 27.7 Å². The average Bonchev–Trinajstić information content (AvgIpc) is 2.30. The fraction of sp³-hybridized carbons (Fsp3) is 0.417. The standard InChI is InChI=1S/C12H17BrN2OS/c1-8-3-4-9(13)7-11(8)15-12(16)10(14)5-6-17-2/h3-4,7,10H,5-6,14H2,1-2H3,(H,15,16)/t10-/m0/s1. The summed E-state index contributed by atoms with van der Waals surface area (Å²) in [5.74, 6) is 0.770. The van der Waals surface area contributed by atoms with Crippen molar-refractivity contribution in [3.63, 3.8) is 0 Å². The molecular formula is C12H17BrN2OS. The van der Waals surface area contributed by atoms with E-state index in [4.69, 9.17) is 5.73 Å². The molecule has 0 saturated heterocycles. The maximum Gasteiger partial charge on any atom is 0.241 e. The number of amides is 1. The zero-order valence-electron chi connectivity index (χ0n) is 10.00. The lowest BCUT2D eigenvalue weighted by Gasteiger charge is -2.13. The Kier molecular flexibility index (Phi) is 6.02. The number of halogens is 1. The number of anilines is 1. The first-order chi connectivity index (χ1) is 8.04. The summed E-state index contributed by atoms with van der Waals surface area (Å²) >= 11 is 5.07. The molecule has 0 fully saturated rings. The van der Waals surface area contributed by atoms with E-state index in [-0.39, 0.29) is 5.91 Å². The van der Waals surface area contributed by atoms with Crippen LogP contribution in [-0.4, -0.2) is 24.0 Å². The second kappa shape index (κ2) is 7.03. The fourth-order valence-electron chi connectivity index (χ4n) is 1.33. The minimum Gasteiger partial charge on any atom is -0.324 e. The maximum absolute atomic E-state index is 11.8. The van der Waals surface area contributed by atoms with Gasteiger partial charge in [0.1, 0.15) is 0 Å². The third-order valence-corrected chi connectivity index (χ3v) is 3.56. The van der Waals surface area contributed by atoms with Crippen LogP contribution < -0.4 is 11.1 Å². The van der Waals surface area contributed by atoms with Gasteiger partial charge in [0, 0.05) is 10.2 Å². The molecular weight excluding hydrogens is 300 g/mol. The molecule has 3 nitrogen and oxygen atoms in total. The number of carbonyl (C=O) groups is 1. The summed E-state index contributed by atoms with van der Waals surface area (Å²) in [5.41, 5.74) is 7.64. The summed E-state index contributed by atoms with van der Waals surface area (Å²) in [6, 6.07) is 5.33. The van der Waals surface area contributed by atoms with E-state index in [0.717, 1.165) is 21.5 Å². The normalized spacial score (nSPS) is 12.2. The van der Waals surface area contributed by atoms with Gasteiger partial charge in [0.2, 0.25) is 5.91 Å². The molecule has 17 heavy (non-hydrogen) atoms. The first kappa shape index (κ1) is 14.5. The molecule has 0 saturated carbocycles. The minimum atomic E-state index is -0.444. The Balaban J connectivity index is 2.64. The van der Waals surface area contributed by atoms with E-state index in [1.54, 1.807) is 11.8 Å². The first-order valence-electron chi connectivity index (χ1n) is 5.36. The van der Waals surface area contributed by atoms with Crippen LogP contribution in [0.3, 0.4) is 0 Å². The average molecular weight is 317 g/mol. The topological polar surface area (TPSA) is 55.1 Å². The highest BCUT2D eigenvalue weighted by Gasteiger charge is 2.13. The molecule has 94 valence electrons. The third kappa shape index (κ3) is 4.69. The molecule has 1 aromatic carbocycles. The van der Waals surface area contributed by atoms with Crippen LogP contribution in [0, 0.1) is 6.92 Å². The second-order valence-corrected chi connectivity index (χ2v) is 5.74. The van der Waals surface area contributed by atoms with Crippen molar-refractivity contribution in [3.05, 3.63) is 28.2 Å². The van der Waals surface area contributed by atoms with Gasteiger partial charge < -0.3 is 11.1 Å². The Morgan fingerprint density at radius 3 is 2.94 bits per heavy atom. The Morgan fingerprint density at radius 1 is 1.59 bits per heavy atom. The number of aryl methyl sites for hydroxylation is 1. The highest BCUT2D eigenvalue weighted by Crippen LogP contribution is 2.20. The van der Waals surface area contributed by atoms with Gasteiger partial charge in [-0.1, -0.05) is 22.0 Å². The quantitative estimate of drug-likeness (QED) is 0.878. The van der Waals surface area contributed by atoms with E-state index in [1.807, 2.05) is 31.4 Å². The van der Waals surface area contributed by atoms with Crippen molar-refractivity contribution >= 4 is 39.3 Å². The Hall–Kier alpha value is -0.520. The molecule has 0 radical (unpaired) electrons. The number of thioether (sulfide) groups is 1. The van der Waals surface area contributed by atoms with Crippen molar-refractivity contribution < 1.29 is 4.79 Å². The number of hydrogen-bond acceptors (Lipinski definition) is 3. The van der Waals surface area contributed by atoms with Crippen molar-refractivity contribution in [2.75, 3.05) is 17.3 Å². The van der Waals surface area contributed by atoms with Crippen molar-refractivity contribution in [2.24, 2.45) is 5.73 Å². The smallest absolute Gasteiger partial charge is 0.241 e. The lowest BCUT2D eigenvalue weighted by Crippen LogP contribution is -2.36. The first-order valence-corrected chi connectivity index (χ1v) is 7.55.